The molecule has 0 aromatic heterocycles. The molecule has 0 aromatic rings. The fourth-order valence-electron chi connectivity index (χ4n) is 13.7. The molecule has 0 saturated carbocycles. The Morgan fingerprint density at radius 2 is 0.515 bits per heavy atom. The second-order valence-corrected chi connectivity index (χ2v) is 27.6. The third kappa shape index (κ3) is 16.6. The second kappa shape index (κ2) is 21.8. The zero-order chi connectivity index (χ0) is 51.4. The third-order valence-electron chi connectivity index (χ3n) is 15.1. The summed E-state index contributed by atoms with van der Waals surface area (Å²) >= 11 is 0. The number of rotatable bonds is 21. The highest BCUT2D eigenvalue weighted by molar-refractivity contribution is 6.01. The first-order valence-electron chi connectivity index (χ1n) is 27.0. The molecular formula is C56H102N4O8. The Morgan fingerprint density at radius 3 is 0.691 bits per heavy atom. The number of nitrogens with one attached hydrogen (secondary N) is 4. The van der Waals surface area contributed by atoms with Crippen molar-refractivity contribution in [2.75, 3.05) is 0 Å². The van der Waals surface area contributed by atoms with Gasteiger partial charge >= 0.3 is 23.9 Å². The van der Waals surface area contributed by atoms with Gasteiger partial charge < -0.3 is 40.2 Å². The molecule has 4 N–H and O–H groups in total. The van der Waals surface area contributed by atoms with Crippen molar-refractivity contribution in [3.05, 3.63) is 0 Å². The van der Waals surface area contributed by atoms with E-state index in [9.17, 15) is 19.2 Å². The van der Waals surface area contributed by atoms with Gasteiger partial charge in [0.05, 0.1) is 0 Å². The van der Waals surface area contributed by atoms with Crippen molar-refractivity contribution in [3.8, 4) is 0 Å². The highest BCUT2D eigenvalue weighted by atomic mass is 16.6. The van der Waals surface area contributed by atoms with Crippen LogP contribution in [0.4, 0.5) is 0 Å². The van der Waals surface area contributed by atoms with E-state index in [2.05, 4.69) is 146 Å². The van der Waals surface area contributed by atoms with Gasteiger partial charge in [0.25, 0.3) is 0 Å². The quantitative estimate of drug-likeness (QED) is 0.0375. The molecule has 0 radical (unpaired) electrons. The van der Waals surface area contributed by atoms with Crippen LogP contribution in [0.2, 0.25) is 0 Å². The molecular weight excluding hydrogens is 857 g/mol. The van der Waals surface area contributed by atoms with Crippen LogP contribution >= 0.6 is 0 Å². The minimum Gasteiger partial charge on any atom is -0.461 e. The van der Waals surface area contributed by atoms with Gasteiger partial charge in [-0.05, 0) is 136 Å². The molecule has 4 saturated heterocycles. The van der Waals surface area contributed by atoms with Crippen LogP contribution in [0, 0.1) is 10.8 Å². The van der Waals surface area contributed by atoms with Gasteiger partial charge in [-0.3, -0.25) is 19.2 Å². The lowest BCUT2D eigenvalue weighted by molar-refractivity contribution is -0.186. The minimum absolute atomic E-state index is 0.252. The molecule has 12 heteroatoms. The first-order valence-corrected chi connectivity index (χ1v) is 27.0. The summed E-state index contributed by atoms with van der Waals surface area (Å²) in [4.78, 5) is 59.7. The Bertz CT molecular complexity index is 1440. The summed E-state index contributed by atoms with van der Waals surface area (Å²) in [5.74, 6) is -1.89. The number of hydrogen-bond donors (Lipinski definition) is 4. The SMILES string of the molecule is CCCCC(CCCCCCC(CCCC)(C(=O)OC1CC(C)(C)NC(C)(C)C1)C(=O)OC1CC(C)(C)NC(C)(C)C1)(C(=O)OC1CC(C)(C)NC(C)(C)C1)C(=O)OC1CC(C)(C)NC(C)(C)C1. The maximum Gasteiger partial charge on any atom is 0.323 e. The van der Waals surface area contributed by atoms with E-state index in [0.29, 0.717) is 116 Å². The summed E-state index contributed by atoms with van der Waals surface area (Å²) in [6, 6.07) is 0. The minimum atomic E-state index is -1.46. The van der Waals surface area contributed by atoms with Gasteiger partial charge in [0.2, 0.25) is 0 Å². The monoisotopic (exact) mass is 959 g/mol. The lowest BCUT2D eigenvalue weighted by Gasteiger charge is -2.47. The summed E-state index contributed by atoms with van der Waals surface area (Å²) in [7, 11) is 0. The zero-order valence-corrected chi connectivity index (χ0v) is 46.7. The molecule has 4 rings (SSSR count). The number of unbranched alkanes of at least 4 members (excludes halogenated alkanes) is 5. The van der Waals surface area contributed by atoms with E-state index in [1.54, 1.807) is 0 Å². The molecule has 4 heterocycles. The van der Waals surface area contributed by atoms with Crippen molar-refractivity contribution in [3.63, 3.8) is 0 Å². The van der Waals surface area contributed by atoms with Gasteiger partial charge in [0.15, 0.2) is 10.8 Å². The van der Waals surface area contributed by atoms with E-state index in [-0.39, 0.29) is 68.7 Å². The molecule has 4 aliphatic rings. The molecule has 68 heavy (non-hydrogen) atoms. The van der Waals surface area contributed by atoms with E-state index >= 15 is 0 Å². The molecule has 0 aliphatic carbocycles. The van der Waals surface area contributed by atoms with Crippen LogP contribution in [-0.4, -0.2) is 92.6 Å². The number of hydrogen-bond acceptors (Lipinski definition) is 12. The Labute approximate surface area is 414 Å². The number of carbonyl (C=O) groups is 4. The van der Waals surface area contributed by atoms with Gasteiger partial charge in [-0.15, -0.1) is 0 Å². The lowest BCUT2D eigenvalue weighted by Crippen LogP contribution is -2.61. The molecule has 0 spiro atoms. The number of carbonyl (C=O) groups excluding carboxylic acids is 4. The normalized spacial score (nSPS) is 24.7. The summed E-state index contributed by atoms with van der Waals surface area (Å²) in [5.41, 5.74) is -4.93. The molecule has 12 nitrogen and oxygen atoms in total. The smallest absolute Gasteiger partial charge is 0.323 e. The lowest BCUT2D eigenvalue weighted by atomic mass is 9.75. The van der Waals surface area contributed by atoms with E-state index in [1.807, 2.05) is 0 Å². The van der Waals surface area contributed by atoms with Crippen molar-refractivity contribution in [1.29, 1.82) is 0 Å². The van der Waals surface area contributed by atoms with Crippen molar-refractivity contribution in [2.24, 2.45) is 10.8 Å². The van der Waals surface area contributed by atoms with Crippen molar-refractivity contribution in [2.45, 2.75) is 322 Å². The van der Waals surface area contributed by atoms with Crippen LogP contribution in [0.15, 0.2) is 0 Å². The van der Waals surface area contributed by atoms with Crippen molar-refractivity contribution in [1.82, 2.24) is 21.3 Å². The Morgan fingerprint density at radius 1 is 0.338 bits per heavy atom. The number of ether oxygens (including phenoxy) is 4. The van der Waals surface area contributed by atoms with Gasteiger partial charge in [0, 0.05) is 95.7 Å². The van der Waals surface area contributed by atoms with Gasteiger partial charge in [-0.25, -0.2) is 0 Å². The van der Waals surface area contributed by atoms with E-state index in [4.69, 9.17) is 18.9 Å². The summed E-state index contributed by atoms with van der Waals surface area (Å²) < 4.78 is 26.0. The second-order valence-electron chi connectivity index (χ2n) is 27.6. The largest absolute Gasteiger partial charge is 0.461 e. The Kier molecular flexibility index (Phi) is 18.7. The molecule has 0 atom stereocenters. The van der Waals surface area contributed by atoms with E-state index < -0.39 is 34.7 Å². The maximum atomic E-state index is 14.9. The average molecular weight is 959 g/mol. The molecule has 4 fully saturated rings. The molecule has 0 aromatic carbocycles. The summed E-state index contributed by atoms with van der Waals surface area (Å²) in [6.45, 7) is 38.3. The summed E-state index contributed by atoms with van der Waals surface area (Å²) in [5, 5.41) is 14.8. The van der Waals surface area contributed by atoms with Crippen molar-refractivity contribution < 1.29 is 38.1 Å². The van der Waals surface area contributed by atoms with Gasteiger partial charge in [-0.1, -0.05) is 65.2 Å². The standard InChI is InChI=1S/C56H102N4O8/c1-19-21-27-55(43(61)65-39-31-47(3,4)57-48(5,6)32-39,44(62)66-40-33-49(7,8)58-50(9,10)34-40)29-25-23-24-26-30-56(28-22-20-2,45(63)67-41-35-51(11,12)59-52(13,14)36-41)46(64)68-42-37-53(15,16)60-54(17,18)38-42/h39-42,57-60H,19-38H2,1-18H3. The molecule has 0 unspecified atom stereocenters. The van der Waals surface area contributed by atoms with E-state index in [0.717, 1.165) is 12.8 Å². The van der Waals surface area contributed by atoms with Crippen LogP contribution in [0.5, 0.6) is 0 Å². The first kappa shape index (κ1) is 58.3. The van der Waals surface area contributed by atoms with E-state index in [1.165, 1.54) is 0 Å². The maximum absolute atomic E-state index is 14.9. The number of piperidine rings is 4. The fraction of sp³-hybridized carbons (Fsp3) is 0.929. The topological polar surface area (TPSA) is 153 Å². The predicted octanol–water partition coefficient (Wildman–Crippen LogP) is 11.1. The van der Waals surface area contributed by atoms with Crippen LogP contribution in [0.25, 0.3) is 0 Å². The zero-order valence-electron chi connectivity index (χ0n) is 46.7. The Hall–Kier alpha value is -2.28. The highest BCUT2D eigenvalue weighted by Crippen LogP contribution is 2.43. The van der Waals surface area contributed by atoms with Crippen LogP contribution in [0.1, 0.15) is 253 Å². The van der Waals surface area contributed by atoms with Gasteiger partial charge in [-0.2, -0.15) is 0 Å². The van der Waals surface area contributed by atoms with Crippen LogP contribution in [-0.2, 0) is 38.1 Å². The molecule has 0 bridgehead atoms. The van der Waals surface area contributed by atoms with Crippen LogP contribution in [0.3, 0.4) is 0 Å². The first-order chi connectivity index (χ1) is 31.0. The van der Waals surface area contributed by atoms with Gasteiger partial charge in [0.1, 0.15) is 24.4 Å². The number of esters is 4. The average Bonchev–Trinajstić information content (AvgIpc) is 3.10. The van der Waals surface area contributed by atoms with Crippen molar-refractivity contribution >= 4 is 23.9 Å². The third-order valence-corrected chi connectivity index (χ3v) is 15.1. The fourth-order valence-corrected chi connectivity index (χ4v) is 13.7. The predicted molar refractivity (Wildman–Crippen MR) is 273 cm³/mol. The molecule has 394 valence electrons. The Balaban J connectivity index is 1.61. The summed E-state index contributed by atoms with van der Waals surface area (Å²) in [6.07, 6.45) is 10.6. The molecule has 4 aliphatic heterocycles. The van der Waals surface area contributed by atoms with Crippen LogP contribution < -0.4 is 21.3 Å². The highest BCUT2D eigenvalue weighted by Gasteiger charge is 2.54. The molecule has 0 amide bonds.